The van der Waals surface area contributed by atoms with Gasteiger partial charge in [0.05, 0.1) is 22.9 Å². The molecule has 1 fully saturated rings. The predicted molar refractivity (Wildman–Crippen MR) is 79.2 cm³/mol. The Labute approximate surface area is 118 Å². The summed E-state index contributed by atoms with van der Waals surface area (Å²) >= 11 is 11.3. The van der Waals surface area contributed by atoms with E-state index in [1.165, 1.54) is 0 Å². The van der Waals surface area contributed by atoms with Crippen molar-refractivity contribution in [2.45, 2.75) is 31.9 Å². The zero-order chi connectivity index (χ0) is 13.0. The second kappa shape index (κ2) is 6.36. The maximum absolute atomic E-state index is 6.06. The van der Waals surface area contributed by atoms with Gasteiger partial charge in [0, 0.05) is 6.61 Å². The second-order valence-corrected chi connectivity index (χ2v) is 5.23. The minimum atomic E-state index is 0.204. The van der Waals surface area contributed by atoms with Gasteiger partial charge in [-0.05, 0) is 44.1 Å². The fraction of sp³-hybridized carbons (Fsp3) is 0.462. The van der Waals surface area contributed by atoms with Gasteiger partial charge in [-0.1, -0.05) is 23.7 Å². The smallest absolute Gasteiger partial charge is 0.171 e. The number of para-hydroxylation sites is 1. The molecule has 1 aromatic rings. The monoisotopic (exact) mass is 284 g/mol. The van der Waals surface area contributed by atoms with Crippen LogP contribution in [0, 0.1) is 0 Å². The third kappa shape index (κ3) is 3.57. The largest absolute Gasteiger partial charge is 0.376 e. The van der Waals surface area contributed by atoms with Gasteiger partial charge in [0.15, 0.2) is 5.11 Å². The van der Waals surface area contributed by atoms with Crippen LogP contribution in [0.2, 0.25) is 5.02 Å². The zero-order valence-electron chi connectivity index (χ0n) is 10.3. The normalized spacial score (nSPS) is 20.4. The van der Waals surface area contributed by atoms with E-state index in [4.69, 9.17) is 28.6 Å². The van der Waals surface area contributed by atoms with Crippen LogP contribution in [0.4, 0.5) is 5.69 Å². The third-order valence-electron chi connectivity index (χ3n) is 3.00. The number of halogens is 1. The zero-order valence-corrected chi connectivity index (χ0v) is 11.9. The van der Waals surface area contributed by atoms with Crippen LogP contribution < -0.4 is 10.6 Å². The van der Waals surface area contributed by atoms with E-state index < -0.39 is 0 Å². The quantitative estimate of drug-likeness (QED) is 0.835. The van der Waals surface area contributed by atoms with Crippen molar-refractivity contribution >= 4 is 34.6 Å². The summed E-state index contributed by atoms with van der Waals surface area (Å²) in [5.41, 5.74) is 0.816. The molecule has 0 aliphatic carbocycles. The maximum Gasteiger partial charge on any atom is 0.171 e. The van der Waals surface area contributed by atoms with Crippen LogP contribution in [0.3, 0.4) is 0 Å². The molecule has 0 bridgehead atoms. The average molecular weight is 285 g/mol. The topological polar surface area (TPSA) is 33.3 Å². The lowest BCUT2D eigenvalue weighted by molar-refractivity contribution is 0.0895. The van der Waals surface area contributed by atoms with Gasteiger partial charge in [-0.15, -0.1) is 0 Å². The highest BCUT2D eigenvalue weighted by molar-refractivity contribution is 7.80. The molecule has 2 unspecified atom stereocenters. The number of ether oxygens (including phenoxy) is 1. The number of nitrogens with one attached hydrogen (secondary N) is 2. The molecule has 2 N–H and O–H groups in total. The van der Waals surface area contributed by atoms with Crippen LogP contribution in [-0.2, 0) is 4.74 Å². The molecule has 1 heterocycles. The van der Waals surface area contributed by atoms with E-state index in [1.807, 2.05) is 24.3 Å². The van der Waals surface area contributed by atoms with Crippen molar-refractivity contribution in [1.82, 2.24) is 5.32 Å². The van der Waals surface area contributed by atoms with Gasteiger partial charge in [0.2, 0.25) is 0 Å². The van der Waals surface area contributed by atoms with Crippen molar-refractivity contribution in [2.75, 3.05) is 11.9 Å². The lowest BCUT2D eigenvalue weighted by atomic mass is 10.1. The van der Waals surface area contributed by atoms with Gasteiger partial charge in [0.25, 0.3) is 0 Å². The van der Waals surface area contributed by atoms with Gasteiger partial charge in [-0.2, -0.15) is 0 Å². The molecule has 3 nitrogen and oxygen atoms in total. The molecule has 1 saturated heterocycles. The maximum atomic E-state index is 6.06. The molecule has 2 rings (SSSR count). The Kier molecular flexibility index (Phi) is 4.80. The number of thiocarbonyl (C=S) groups is 1. The SMILES string of the molecule is CC(NC(=S)Nc1ccccc1Cl)C1CCCO1. The van der Waals surface area contributed by atoms with Crippen LogP contribution in [0.15, 0.2) is 24.3 Å². The van der Waals surface area contributed by atoms with Crippen molar-refractivity contribution < 1.29 is 4.74 Å². The number of hydrogen-bond acceptors (Lipinski definition) is 2. The Hall–Kier alpha value is -0.840. The van der Waals surface area contributed by atoms with Crippen LogP contribution in [0.25, 0.3) is 0 Å². The first-order valence-corrected chi connectivity index (χ1v) is 6.89. The summed E-state index contributed by atoms with van der Waals surface area (Å²) in [6.07, 6.45) is 2.46. The highest BCUT2D eigenvalue weighted by Gasteiger charge is 2.22. The Morgan fingerprint density at radius 3 is 2.94 bits per heavy atom. The number of benzene rings is 1. The van der Waals surface area contributed by atoms with E-state index in [2.05, 4.69) is 17.6 Å². The molecule has 1 aliphatic heterocycles. The number of anilines is 1. The third-order valence-corrected chi connectivity index (χ3v) is 3.55. The number of rotatable bonds is 3. The van der Waals surface area contributed by atoms with Gasteiger partial charge in [-0.25, -0.2) is 0 Å². The van der Waals surface area contributed by atoms with Crippen molar-refractivity contribution in [1.29, 1.82) is 0 Å². The molecular weight excluding hydrogens is 268 g/mol. The summed E-state index contributed by atoms with van der Waals surface area (Å²) in [5.74, 6) is 0. The Balaban J connectivity index is 1.86. The Bertz CT molecular complexity index is 421. The van der Waals surface area contributed by atoms with Gasteiger partial charge in [-0.3, -0.25) is 0 Å². The molecule has 0 spiro atoms. The standard InChI is InChI=1S/C13H17ClN2OS/c1-9(12-7-4-8-17-12)15-13(18)16-11-6-3-2-5-10(11)14/h2-3,5-6,9,12H,4,7-8H2,1H3,(H2,15,16,18). The molecule has 0 radical (unpaired) electrons. The van der Waals surface area contributed by atoms with E-state index in [-0.39, 0.29) is 12.1 Å². The molecule has 0 aromatic heterocycles. The van der Waals surface area contributed by atoms with E-state index >= 15 is 0 Å². The average Bonchev–Trinajstić information content (AvgIpc) is 2.85. The first-order valence-electron chi connectivity index (χ1n) is 6.10. The van der Waals surface area contributed by atoms with Crippen LogP contribution in [0.5, 0.6) is 0 Å². The predicted octanol–water partition coefficient (Wildman–Crippen LogP) is 3.19. The van der Waals surface area contributed by atoms with Crippen molar-refractivity contribution in [3.8, 4) is 0 Å². The molecule has 5 heteroatoms. The fourth-order valence-corrected chi connectivity index (χ4v) is 2.50. The van der Waals surface area contributed by atoms with E-state index in [0.717, 1.165) is 25.1 Å². The molecule has 18 heavy (non-hydrogen) atoms. The molecule has 1 aromatic carbocycles. The van der Waals surface area contributed by atoms with Gasteiger partial charge in [0.1, 0.15) is 0 Å². The van der Waals surface area contributed by atoms with Gasteiger partial charge >= 0.3 is 0 Å². The summed E-state index contributed by atoms with van der Waals surface area (Å²) in [5, 5.41) is 7.57. The lowest BCUT2D eigenvalue weighted by Crippen LogP contribution is -2.42. The Morgan fingerprint density at radius 1 is 1.50 bits per heavy atom. The molecule has 2 atom stereocenters. The molecule has 0 saturated carbocycles. The first-order chi connectivity index (χ1) is 8.66. The fourth-order valence-electron chi connectivity index (χ4n) is 2.02. The highest BCUT2D eigenvalue weighted by atomic mass is 35.5. The van der Waals surface area contributed by atoms with E-state index in [9.17, 15) is 0 Å². The van der Waals surface area contributed by atoms with Crippen molar-refractivity contribution in [3.63, 3.8) is 0 Å². The highest BCUT2D eigenvalue weighted by Crippen LogP contribution is 2.20. The summed E-state index contributed by atoms with van der Waals surface area (Å²) in [6, 6.07) is 7.73. The van der Waals surface area contributed by atoms with Crippen molar-refractivity contribution in [2.24, 2.45) is 0 Å². The lowest BCUT2D eigenvalue weighted by Gasteiger charge is -2.22. The van der Waals surface area contributed by atoms with E-state index in [0.29, 0.717) is 10.1 Å². The van der Waals surface area contributed by atoms with E-state index in [1.54, 1.807) is 0 Å². The minimum absolute atomic E-state index is 0.204. The molecular formula is C13H17ClN2OS. The summed E-state index contributed by atoms with van der Waals surface area (Å²) in [6.45, 7) is 2.93. The Morgan fingerprint density at radius 2 is 2.28 bits per heavy atom. The minimum Gasteiger partial charge on any atom is -0.376 e. The summed E-state index contributed by atoms with van der Waals surface area (Å²) in [7, 11) is 0. The van der Waals surface area contributed by atoms with Crippen LogP contribution in [-0.4, -0.2) is 23.9 Å². The molecule has 98 valence electrons. The summed E-state index contributed by atoms with van der Waals surface area (Å²) in [4.78, 5) is 0. The molecule has 1 aliphatic rings. The summed E-state index contributed by atoms with van der Waals surface area (Å²) < 4.78 is 5.61. The first kappa shape index (κ1) is 13.6. The number of hydrogen-bond donors (Lipinski definition) is 2. The van der Waals surface area contributed by atoms with Gasteiger partial charge < -0.3 is 15.4 Å². The van der Waals surface area contributed by atoms with Crippen molar-refractivity contribution in [3.05, 3.63) is 29.3 Å². The molecule has 0 amide bonds. The van der Waals surface area contributed by atoms with Crippen LogP contribution in [0.1, 0.15) is 19.8 Å². The van der Waals surface area contributed by atoms with Crippen LogP contribution >= 0.6 is 23.8 Å². The second-order valence-electron chi connectivity index (χ2n) is 4.42.